The molecule has 0 bridgehead atoms. The van der Waals surface area contributed by atoms with Gasteiger partial charge in [0, 0.05) is 12.6 Å². The van der Waals surface area contributed by atoms with Gasteiger partial charge in [0.25, 0.3) is 0 Å². The molecule has 1 atom stereocenters. The number of nitrogens with one attached hydrogen (secondary N) is 2. The molecule has 1 aliphatic rings. The zero-order valence-corrected chi connectivity index (χ0v) is 9.48. The highest BCUT2D eigenvalue weighted by atomic mass is 15.3. The second-order valence-corrected chi connectivity index (χ2v) is 4.18. The first-order chi connectivity index (χ1) is 7.78. The normalized spacial score (nSPS) is 21.8. The Morgan fingerprint density at radius 1 is 1.44 bits per heavy atom. The van der Waals surface area contributed by atoms with Crippen molar-refractivity contribution in [2.24, 2.45) is 5.84 Å². The van der Waals surface area contributed by atoms with Crippen LogP contribution in [0.2, 0.25) is 0 Å². The van der Waals surface area contributed by atoms with Gasteiger partial charge in [-0.15, -0.1) is 0 Å². The SMILES string of the molecule is CN1CCCC(Nc2cncc(NN)n2)C1. The van der Waals surface area contributed by atoms with Gasteiger partial charge in [0.05, 0.1) is 12.4 Å². The van der Waals surface area contributed by atoms with Crippen molar-refractivity contribution < 1.29 is 0 Å². The van der Waals surface area contributed by atoms with Crippen molar-refractivity contribution >= 4 is 11.6 Å². The molecule has 88 valence electrons. The predicted octanol–water partition coefficient (Wildman–Crippen LogP) is 0.268. The Balaban J connectivity index is 1.97. The maximum Gasteiger partial charge on any atom is 0.160 e. The molecule has 2 rings (SSSR count). The summed E-state index contributed by atoms with van der Waals surface area (Å²) >= 11 is 0. The highest BCUT2D eigenvalue weighted by Crippen LogP contribution is 2.13. The largest absolute Gasteiger partial charge is 0.365 e. The van der Waals surface area contributed by atoms with Crippen LogP contribution in [0.3, 0.4) is 0 Å². The monoisotopic (exact) mass is 222 g/mol. The molecule has 1 aromatic heterocycles. The number of rotatable bonds is 3. The number of piperidine rings is 1. The van der Waals surface area contributed by atoms with Crippen molar-refractivity contribution in [3.8, 4) is 0 Å². The van der Waals surface area contributed by atoms with Crippen LogP contribution in [0.4, 0.5) is 11.6 Å². The van der Waals surface area contributed by atoms with Gasteiger partial charge in [0.2, 0.25) is 0 Å². The number of hydrazine groups is 1. The zero-order chi connectivity index (χ0) is 11.4. The summed E-state index contributed by atoms with van der Waals surface area (Å²) in [5.74, 6) is 6.64. The van der Waals surface area contributed by atoms with Gasteiger partial charge >= 0.3 is 0 Å². The summed E-state index contributed by atoms with van der Waals surface area (Å²) in [4.78, 5) is 10.7. The summed E-state index contributed by atoms with van der Waals surface area (Å²) in [5.41, 5.74) is 2.49. The highest BCUT2D eigenvalue weighted by molar-refractivity contribution is 5.41. The van der Waals surface area contributed by atoms with E-state index >= 15 is 0 Å². The Bertz CT molecular complexity index is 342. The van der Waals surface area contributed by atoms with E-state index in [1.54, 1.807) is 12.4 Å². The summed E-state index contributed by atoms with van der Waals surface area (Å²) in [5, 5.41) is 3.38. The number of anilines is 2. The molecule has 0 radical (unpaired) electrons. The second kappa shape index (κ2) is 5.09. The van der Waals surface area contributed by atoms with Gasteiger partial charge in [-0.25, -0.2) is 10.8 Å². The Labute approximate surface area is 95.2 Å². The molecule has 16 heavy (non-hydrogen) atoms. The first kappa shape index (κ1) is 11.1. The van der Waals surface area contributed by atoms with E-state index in [1.165, 1.54) is 19.4 Å². The lowest BCUT2D eigenvalue weighted by atomic mass is 10.1. The summed E-state index contributed by atoms with van der Waals surface area (Å²) in [6, 6.07) is 0.445. The molecule has 1 aliphatic heterocycles. The van der Waals surface area contributed by atoms with Crippen LogP contribution >= 0.6 is 0 Å². The highest BCUT2D eigenvalue weighted by Gasteiger charge is 2.17. The fraction of sp³-hybridized carbons (Fsp3) is 0.600. The number of aromatic nitrogens is 2. The fourth-order valence-corrected chi connectivity index (χ4v) is 2.00. The number of nitrogen functional groups attached to an aromatic ring is 1. The van der Waals surface area contributed by atoms with Crippen molar-refractivity contribution in [2.75, 3.05) is 30.9 Å². The summed E-state index contributed by atoms with van der Waals surface area (Å²) in [6.07, 6.45) is 5.70. The van der Waals surface area contributed by atoms with Crippen LogP contribution in [0.5, 0.6) is 0 Å². The third kappa shape index (κ3) is 2.80. The van der Waals surface area contributed by atoms with Crippen LogP contribution in [0.15, 0.2) is 12.4 Å². The molecule has 1 fully saturated rings. The average Bonchev–Trinajstić information content (AvgIpc) is 2.29. The van der Waals surface area contributed by atoms with Crippen LogP contribution < -0.4 is 16.6 Å². The van der Waals surface area contributed by atoms with E-state index < -0.39 is 0 Å². The number of likely N-dealkylation sites (N-methyl/N-ethyl adjacent to an activating group) is 1. The number of nitrogens with zero attached hydrogens (tertiary/aromatic N) is 3. The van der Waals surface area contributed by atoms with Crippen LogP contribution in [-0.2, 0) is 0 Å². The van der Waals surface area contributed by atoms with Crippen molar-refractivity contribution in [3.05, 3.63) is 12.4 Å². The van der Waals surface area contributed by atoms with Gasteiger partial charge in [-0.2, -0.15) is 0 Å². The first-order valence-electron chi connectivity index (χ1n) is 5.51. The lowest BCUT2D eigenvalue weighted by Crippen LogP contribution is -2.39. The molecule has 0 amide bonds. The van der Waals surface area contributed by atoms with Crippen LogP contribution in [0, 0.1) is 0 Å². The summed E-state index contributed by atoms with van der Waals surface area (Å²) in [6.45, 7) is 2.22. The maximum absolute atomic E-state index is 5.29. The minimum atomic E-state index is 0.445. The van der Waals surface area contributed by atoms with E-state index in [4.69, 9.17) is 5.84 Å². The van der Waals surface area contributed by atoms with E-state index in [2.05, 4.69) is 32.7 Å². The smallest absolute Gasteiger partial charge is 0.160 e. The fourth-order valence-electron chi connectivity index (χ4n) is 2.00. The Hall–Kier alpha value is -1.40. The summed E-state index contributed by atoms with van der Waals surface area (Å²) in [7, 11) is 2.14. The van der Waals surface area contributed by atoms with Crippen LogP contribution in [0.1, 0.15) is 12.8 Å². The third-order valence-corrected chi connectivity index (χ3v) is 2.76. The van der Waals surface area contributed by atoms with Gasteiger partial charge in [-0.05, 0) is 26.4 Å². The maximum atomic E-state index is 5.29. The third-order valence-electron chi connectivity index (χ3n) is 2.76. The number of hydrogen-bond donors (Lipinski definition) is 3. The molecular weight excluding hydrogens is 204 g/mol. The van der Waals surface area contributed by atoms with Gasteiger partial charge in [-0.3, -0.25) is 4.98 Å². The first-order valence-corrected chi connectivity index (χ1v) is 5.51. The molecule has 0 spiro atoms. The average molecular weight is 222 g/mol. The van der Waals surface area contributed by atoms with E-state index in [0.717, 1.165) is 12.4 Å². The molecule has 1 saturated heterocycles. The van der Waals surface area contributed by atoms with Gasteiger partial charge in [-0.1, -0.05) is 0 Å². The molecular formula is C10H18N6. The molecule has 6 heteroatoms. The predicted molar refractivity (Wildman–Crippen MR) is 64.0 cm³/mol. The standard InChI is InChI=1S/C10H18N6/c1-16-4-2-3-8(7-16)13-9-5-12-6-10(14-9)15-11/h5-6,8H,2-4,7,11H2,1H3,(H2,13,14,15). The van der Waals surface area contributed by atoms with E-state index in [1.807, 2.05) is 0 Å². The quantitative estimate of drug-likeness (QED) is 0.503. The minimum Gasteiger partial charge on any atom is -0.365 e. The van der Waals surface area contributed by atoms with E-state index in [0.29, 0.717) is 11.9 Å². The van der Waals surface area contributed by atoms with Crippen molar-refractivity contribution in [2.45, 2.75) is 18.9 Å². The molecule has 0 saturated carbocycles. The molecule has 4 N–H and O–H groups in total. The molecule has 6 nitrogen and oxygen atoms in total. The lowest BCUT2D eigenvalue weighted by Gasteiger charge is -2.30. The molecule has 2 heterocycles. The molecule has 0 aliphatic carbocycles. The summed E-state index contributed by atoms with van der Waals surface area (Å²) < 4.78 is 0. The van der Waals surface area contributed by atoms with E-state index in [-0.39, 0.29) is 0 Å². The van der Waals surface area contributed by atoms with Crippen LogP contribution in [-0.4, -0.2) is 41.0 Å². The Kier molecular flexibility index (Phi) is 3.53. The topological polar surface area (TPSA) is 79.1 Å². The molecule has 1 aromatic rings. The number of likely N-dealkylation sites (tertiary alicyclic amines) is 1. The van der Waals surface area contributed by atoms with Crippen molar-refractivity contribution in [1.82, 2.24) is 14.9 Å². The molecule has 0 aromatic carbocycles. The van der Waals surface area contributed by atoms with Gasteiger partial charge < -0.3 is 15.6 Å². The Morgan fingerprint density at radius 2 is 2.25 bits per heavy atom. The minimum absolute atomic E-state index is 0.445. The Morgan fingerprint density at radius 3 is 3.00 bits per heavy atom. The molecule has 1 unspecified atom stereocenters. The second-order valence-electron chi connectivity index (χ2n) is 4.18. The van der Waals surface area contributed by atoms with Gasteiger partial charge in [0.15, 0.2) is 5.82 Å². The number of hydrogen-bond acceptors (Lipinski definition) is 6. The zero-order valence-electron chi connectivity index (χ0n) is 9.48. The van der Waals surface area contributed by atoms with E-state index in [9.17, 15) is 0 Å². The lowest BCUT2D eigenvalue weighted by molar-refractivity contribution is 0.260. The van der Waals surface area contributed by atoms with Crippen LogP contribution in [0.25, 0.3) is 0 Å². The van der Waals surface area contributed by atoms with Crippen molar-refractivity contribution in [1.29, 1.82) is 0 Å². The number of nitrogens with two attached hydrogens (primary N) is 1. The van der Waals surface area contributed by atoms with Gasteiger partial charge in [0.1, 0.15) is 5.82 Å². The van der Waals surface area contributed by atoms with Crippen molar-refractivity contribution in [3.63, 3.8) is 0 Å².